The number of benzene rings is 1. The average Bonchev–Trinajstić information content (AvgIpc) is 3.31. The van der Waals surface area contributed by atoms with Crippen molar-refractivity contribution in [2.75, 3.05) is 0 Å². The van der Waals surface area contributed by atoms with Crippen LogP contribution in [0.25, 0.3) is 22.4 Å². The van der Waals surface area contributed by atoms with Crippen LogP contribution < -0.4 is 0 Å². The van der Waals surface area contributed by atoms with Gasteiger partial charge < -0.3 is 9.55 Å². The van der Waals surface area contributed by atoms with Crippen molar-refractivity contribution >= 4 is 11.2 Å². The van der Waals surface area contributed by atoms with E-state index in [1.165, 1.54) is 5.56 Å². The first-order valence-corrected chi connectivity index (χ1v) is 10.2. The third kappa shape index (κ3) is 3.42. The maximum atomic E-state index is 9.52. The number of pyridine rings is 1. The van der Waals surface area contributed by atoms with Gasteiger partial charge in [-0.3, -0.25) is 0 Å². The van der Waals surface area contributed by atoms with Gasteiger partial charge >= 0.3 is 0 Å². The summed E-state index contributed by atoms with van der Waals surface area (Å²) in [6.07, 6.45) is 6.61. The van der Waals surface area contributed by atoms with E-state index in [0.29, 0.717) is 0 Å². The summed E-state index contributed by atoms with van der Waals surface area (Å²) in [6, 6.07) is 12.8. The molecule has 4 aromatic rings. The lowest BCUT2D eigenvalue weighted by atomic mass is 10.0. The van der Waals surface area contributed by atoms with E-state index >= 15 is 0 Å². The van der Waals surface area contributed by atoms with Crippen molar-refractivity contribution in [3.05, 3.63) is 70.8 Å². The highest BCUT2D eigenvalue weighted by Gasteiger charge is 2.14. The molecule has 0 atom stereocenters. The number of aryl methyl sites for hydroxylation is 3. The molecule has 146 valence electrons. The first-order chi connectivity index (χ1) is 14.2. The monoisotopic (exact) mass is 383 g/mol. The minimum atomic E-state index is 0.735. The van der Waals surface area contributed by atoms with Gasteiger partial charge in [0, 0.05) is 18.8 Å². The molecule has 1 aromatic carbocycles. The van der Waals surface area contributed by atoms with Crippen LogP contribution >= 0.6 is 0 Å². The van der Waals surface area contributed by atoms with Gasteiger partial charge in [0.15, 0.2) is 5.65 Å². The molecule has 0 unspecified atom stereocenters. The normalized spacial score (nSPS) is 11.1. The highest BCUT2D eigenvalue weighted by molar-refractivity contribution is 5.75. The number of imidazole rings is 1. The summed E-state index contributed by atoms with van der Waals surface area (Å²) >= 11 is 0. The Morgan fingerprint density at radius 3 is 2.62 bits per heavy atom. The van der Waals surface area contributed by atoms with Gasteiger partial charge in [-0.15, -0.1) is 0 Å². The van der Waals surface area contributed by atoms with Crippen molar-refractivity contribution in [1.82, 2.24) is 19.5 Å². The molecule has 0 bridgehead atoms. The standard InChI is InChI=1S/C24H25N5/c1-4-6-21-28-22-16(3)11-12-26-24(22)29(21)15-17-7-9-19(10-8-17)23-20(13-25)18(5-2)14-27-23/h7-12,14,27H,4-6,15H2,1-3H3. The molecule has 0 amide bonds. The lowest BCUT2D eigenvalue weighted by Crippen LogP contribution is -2.06. The van der Waals surface area contributed by atoms with Gasteiger partial charge in [0.05, 0.1) is 17.8 Å². The number of nitrogens with zero attached hydrogens (tertiary/aromatic N) is 4. The van der Waals surface area contributed by atoms with Gasteiger partial charge in [-0.05, 0) is 48.1 Å². The number of aromatic amines is 1. The van der Waals surface area contributed by atoms with E-state index in [1.54, 1.807) is 0 Å². The van der Waals surface area contributed by atoms with E-state index in [0.717, 1.165) is 70.7 Å². The SMILES string of the molecule is CCCc1nc2c(C)ccnc2n1Cc1ccc(-c2[nH]cc(CC)c2C#N)cc1. The first kappa shape index (κ1) is 18.9. The van der Waals surface area contributed by atoms with Crippen molar-refractivity contribution in [3.8, 4) is 17.3 Å². The predicted octanol–water partition coefficient (Wildman–Crippen LogP) is 5.17. The van der Waals surface area contributed by atoms with Crippen LogP contribution in [-0.4, -0.2) is 19.5 Å². The average molecular weight is 383 g/mol. The van der Waals surface area contributed by atoms with Crippen LogP contribution in [0.4, 0.5) is 0 Å². The van der Waals surface area contributed by atoms with E-state index in [1.807, 2.05) is 18.5 Å². The lowest BCUT2D eigenvalue weighted by molar-refractivity contribution is 0.717. The molecular formula is C24H25N5. The number of aromatic nitrogens is 4. The Balaban J connectivity index is 1.68. The predicted molar refractivity (Wildman–Crippen MR) is 116 cm³/mol. The van der Waals surface area contributed by atoms with Crippen LogP contribution in [-0.2, 0) is 19.4 Å². The van der Waals surface area contributed by atoms with Gasteiger partial charge in [0.2, 0.25) is 0 Å². The van der Waals surface area contributed by atoms with E-state index in [2.05, 4.69) is 65.6 Å². The van der Waals surface area contributed by atoms with Gasteiger partial charge in [-0.1, -0.05) is 38.1 Å². The van der Waals surface area contributed by atoms with Crippen molar-refractivity contribution < 1.29 is 0 Å². The molecule has 0 radical (unpaired) electrons. The molecule has 0 aliphatic carbocycles. The number of nitrogens with one attached hydrogen (secondary N) is 1. The molecule has 3 heterocycles. The third-order valence-electron chi connectivity index (χ3n) is 5.43. The topological polar surface area (TPSA) is 70.3 Å². The summed E-state index contributed by atoms with van der Waals surface area (Å²) in [5.41, 5.74) is 8.01. The molecule has 0 spiro atoms. The van der Waals surface area contributed by atoms with Crippen molar-refractivity contribution in [3.63, 3.8) is 0 Å². The molecule has 0 aliphatic heterocycles. The molecule has 5 nitrogen and oxygen atoms in total. The second-order valence-electron chi connectivity index (χ2n) is 7.39. The number of rotatable bonds is 6. The van der Waals surface area contributed by atoms with Gasteiger partial charge in [-0.25, -0.2) is 9.97 Å². The number of H-pyrrole nitrogens is 1. The molecule has 5 heteroatoms. The van der Waals surface area contributed by atoms with E-state index in [9.17, 15) is 5.26 Å². The number of hydrogen-bond acceptors (Lipinski definition) is 3. The molecule has 0 saturated carbocycles. The molecule has 1 N–H and O–H groups in total. The van der Waals surface area contributed by atoms with Crippen molar-refractivity contribution in [1.29, 1.82) is 5.26 Å². The van der Waals surface area contributed by atoms with Crippen molar-refractivity contribution in [2.24, 2.45) is 0 Å². The maximum Gasteiger partial charge on any atom is 0.160 e. The third-order valence-corrected chi connectivity index (χ3v) is 5.43. The van der Waals surface area contributed by atoms with Crippen molar-refractivity contribution in [2.45, 2.75) is 46.6 Å². The van der Waals surface area contributed by atoms with Crippen LogP contribution in [0.3, 0.4) is 0 Å². The minimum Gasteiger partial charge on any atom is -0.360 e. The summed E-state index contributed by atoms with van der Waals surface area (Å²) < 4.78 is 2.23. The van der Waals surface area contributed by atoms with Gasteiger partial charge in [0.1, 0.15) is 17.4 Å². The van der Waals surface area contributed by atoms with Crippen LogP contribution in [0.15, 0.2) is 42.7 Å². The first-order valence-electron chi connectivity index (χ1n) is 10.2. The Morgan fingerprint density at radius 2 is 1.93 bits per heavy atom. The van der Waals surface area contributed by atoms with Gasteiger partial charge in [-0.2, -0.15) is 5.26 Å². The van der Waals surface area contributed by atoms with Crippen LogP contribution in [0.2, 0.25) is 0 Å². The number of hydrogen-bond donors (Lipinski definition) is 1. The Bertz CT molecular complexity index is 1190. The number of fused-ring (bicyclic) bond motifs is 1. The smallest absolute Gasteiger partial charge is 0.160 e. The zero-order valence-corrected chi connectivity index (χ0v) is 17.2. The summed E-state index contributed by atoms with van der Waals surface area (Å²) in [6.45, 7) is 7.06. The second kappa shape index (κ2) is 7.92. The number of nitriles is 1. The van der Waals surface area contributed by atoms with Gasteiger partial charge in [0.25, 0.3) is 0 Å². The Morgan fingerprint density at radius 1 is 1.14 bits per heavy atom. The van der Waals surface area contributed by atoms with E-state index in [-0.39, 0.29) is 0 Å². The summed E-state index contributed by atoms with van der Waals surface area (Å²) in [4.78, 5) is 12.7. The Kier molecular flexibility index (Phi) is 5.18. The molecular weight excluding hydrogens is 358 g/mol. The summed E-state index contributed by atoms with van der Waals surface area (Å²) in [5, 5.41) is 9.52. The van der Waals surface area contributed by atoms with Crippen LogP contribution in [0.5, 0.6) is 0 Å². The van der Waals surface area contributed by atoms with E-state index in [4.69, 9.17) is 4.98 Å². The Hall–Kier alpha value is -3.39. The molecule has 29 heavy (non-hydrogen) atoms. The summed E-state index contributed by atoms with van der Waals surface area (Å²) in [5.74, 6) is 1.08. The Labute approximate surface area is 171 Å². The molecule has 3 aromatic heterocycles. The highest BCUT2D eigenvalue weighted by Crippen LogP contribution is 2.26. The zero-order chi connectivity index (χ0) is 20.4. The molecule has 4 rings (SSSR count). The van der Waals surface area contributed by atoms with E-state index < -0.39 is 0 Å². The highest BCUT2D eigenvalue weighted by atomic mass is 15.1. The fraction of sp³-hybridized carbons (Fsp3) is 0.292. The largest absolute Gasteiger partial charge is 0.360 e. The molecule has 0 fully saturated rings. The second-order valence-corrected chi connectivity index (χ2v) is 7.39. The molecule has 0 saturated heterocycles. The fourth-order valence-electron chi connectivity index (χ4n) is 3.82. The summed E-state index contributed by atoms with van der Waals surface area (Å²) in [7, 11) is 0. The van der Waals surface area contributed by atoms with Crippen LogP contribution in [0, 0.1) is 18.3 Å². The minimum absolute atomic E-state index is 0.735. The quantitative estimate of drug-likeness (QED) is 0.499. The fourth-order valence-corrected chi connectivity index (χ4v) is 3.82. The lowest BCUT2D eigenvalue weighted by Gasteiger charge is -2.09. The molecule has 0 aliphatic rings. The maximum absolute atomic E-state index is 9.52. The van der Waals surface area contributed by atoms with Crippen LogP contribution in [0.1, 0.15) is 48.3 Å². The zero-order valence-electron chi connectivity index (χ0n) is 17.2.